The molecule has 1 aromatic carbocycles. The van der Waals surface area contributed by atoms with Gasteiger partial charge in [0, 0.05) is 38.1 Å². The number of hydrogen-bond donors (Lipinski definition) is 1. The van der Waals surface area contributed by atoms with E-state index in [2.05, 4.69) is 15.3 Å². The van der Waals surface area contributed by atoms with Crippen LogP contribution in [0.25, 0.3) is 11.3 Å². The Balaban J connectivity index is 1.63. The van der Waals surface area contributed by atoms with Crippen molar-refractivity contribution in [1.82, 2.24) is 25.1 Å². The zero-order chi connectivity index (χ0) is 24.3. The molecule has 1 aliphatic rings. The Kier molecular flexibility index (Phi) is 7.69. The summed E-state index contributed by atoms with van der Waals surface area (Å²) in [5, 5.41) is 3.67. The number of hydrogen-bond acceptors (Lipinski definition) is 5. The second kappa shape index (κ2) is 10.1. The maximum Gasteiger partial charge on any atom is 0.410 e. The molecule has 10 heteroatoms. The zero-order valence-electron chi connectivity index (χ0n) is 19.4. The van der Waals surface area contributed by atoms with E-state index >= 15 is 0 Å². The average Bonchev–Trinajstić information content (AvgIpc) is 3.25. The van der Waals surface area contributed by atoms with E-state index in [1.807, 2.05) is 39.8 Å². The molecule has 2 aromatic rings. The highest BCUT2D eigenvalue weighted by Gasteiger charge is 2.33. The lowest BCUT2D eigenvalue weighted by Gasteiger charge is -2.28. The lowest BCUT2D eigenvalue weighted by molar-refractivity contribution is 0.0284. The van der Waals surface area contributed by atoms with Gasteiger partial charge in [0.25, 0.3) is 0 Å². The van der Waals surface area contributed by atoms with Crippen molar-refractivity contribution < 1.29 is 14.3 Å². The first-order valence-electron chi connectivity index (χ1n) is 10.7. The number of nitrogens with one attached hydrogen (secondary N) is 1. The maximum absolute atomic E-state index is 12.9. The largest absolute Gasteiger partial charge is 0.444 e. The smallest absolute Gasteiger partial charge is 0.410 e. The Morgan fingerprint density at radius 1 is 1.24 bits per heavy atom. The van der Waals surface area contributed by atoms with Crippen molar-refractivity contribution in [3.8, 4) is 11.3 Å². The van der Waals surface area contributed by atoms with Crippen molar-refractivity contribution in [2.24, 2.45) is 0 Å². The number of likely N-dealkylation sites (tertiary alicyclic amines) is 1. The second-order valence-electron chi connectivity index (χ2n) is 9.07. The Bertz CT molecular complexity index is 1010. The number of amides is 3. The molecule has 0 spiro atoms. The number of halogens is 2. The third-order valence-electron chi connectivity index (χ3n) is 5.44. The van der Waals surface area contributed by atoms with Crippen LogP contribution in [0.2, 0.25) is 10.0 Å². The van der Waals surface area contributed by atoms with E-state index in [-0.39, 0.29) is 24.2 Å². The van der Waals surface area contributed by atoms with Crippen LogP contribution in [0.1, 0.15) is 45.7 Å². The van der Waals surface area contributed by atoms with Crippen LogP contribution in [0.3, 0.4) is 0 Å². The molecule has 1 aromatic heterocycles. The van der Waals surface area contributed by atoms with Gasteiger partial charge in [0.1, 0.15) is 5.60 Å². The minimum Gasteiger partial charge on any atom is -0.444 e. The summed E-state index contributed by atoms with van der Waals surface area (Å²) in [5.41, 5.74) is 1.42. The monoisotopic (exact) mass is 493 g/mol. The number of likely N-dealkylation sites (N-methyl/N-ethyl adjacent to an activating group) is 1. The Labute approximate surface area is 204 Å². The lowest BCUT2D eigenvalue weighted by Crippen LogP contribution is -2.46. The second-order valence-corrected chi connectivity index (χ2v) is 9.83. The SMILES string of the molecule is C[C@H](NC(=O)N(C)C1CCN(C(=O)OC(C)(C)C)C1)c1ccc(-c2cnccn2)c(Cl)c1Cl. The Morgan fingerprint density at radius 2 is 1.97 bits per heavy atom. The minimum atomic E-state index is -0.558. The number of benzene rings is 1. The van der Waals surface area contributed by atoms with Crippen LogP contribution < -0.4 is 5.32 Å². The molecule has 1 aliphatic heterocycles. The topological polar surface area (TPSA) is 87.7 Å². The van der Waals surface area contributed by atoms with Crippen LogP contribution in [0.15, 0.2) is 30.7 Å². The third kappa shape index (κ3) is 6.06. The first kappa shape index (κ1) is 25.1. The van der Waals surface area contributed by atoms with Gasteiger partial charge in [0.05, 0.1) is 34.0 Å². The summed E-state index contributed by atoms with van der Waals surface area (Å²) < 4.78 is 5.43. The van der Waals surface area contributed by atoms with Crippen molar-refractivity contribution in [2.75, 3.05) is 20.1 Å². The van der Waals surface area contributed by atoms with Crippen LogP contribution in [0.5, 0.6) is 0 Å². The lowest BCUT2D eigenvalue weighted by atomic mass is 10.0. The van der Waals surface area contributed by atoms with E-state index < -0.39 is 5.60 Å². The summed E-state index contributed by atoms with van der Waals surface area (Å²) in [7, 11) is 1.72. The first-order chi connectivity index (χ1) is 15.5. The van der Waals surface area contributed by atoms with Gasteiger partial charge in [-0.1, -0.05) is 35.3 Å². The molecule has 0 saturated carbocycles. The highest BCUT2D eigenvalue weighted by atomic mass is 35.5. The predicted molar refractivity (Wildman–Crippen MR) is 128 cm³/mol. The van der Waals surface area contributed by atoms with E-state index in [0.717, 1.165) is 0 Å². The van der Waals surface area contributed by atoms with Gasteiger partial charge < -0.3 is 19.9 Å². The molecule has 2 heterocycles. The number of nitrogens with zero attached hydrogens (tertiary/aromatic N) is 4. The maximum atomic E-state index is 12.9. The summed E-state index contributed by atoms with van der Waals surface area (Å²) in [6.07, 6.45) is 5.09. The molecule has 0 radical (unpaired) electrons. The standard InChI is InChI=1S/C23H29Cl2N5O3/c1-14(16-6-7-17(20(25)19(16)24)18-12-26-9-10-27-18)28-21(31)29(5)15-8-11-30(13-15)22(32)33-23(2,3)4/h6-7,9-10,12,14-15H,8,11,13H2,1-5H3,(H,28,31)/t14-,15?/m0/s1. The molecule has 1 fully saturated rings. The number of carbonyl (C=O) groups excluding carboxylic acids is 2. The van der Waals surface area contributed by atoms with Crippen LogP contribution in [-0.2, 0) is 4.74 Å². The molecule has 1 N–H and O–H groups in total. The van der Waals surface area contributed by atoms with Crippen LogP contribution >= 0.6 is 23.2 Å². The Morgan fingerprint density at radius 3 is 2.61 bits per heavy atom. The molecule has 8 nitrogen and oxygen atoms in total. The van der Waals surface area contributed by atoms with Gasteiger partial charge in [0.2, 0.25) is 0 Å². The van der Waals surface area contributed by atoms with Crippen LogP contribution in [0.4, 0.5) is 9.59 Å². The van der Waals surface area contributed by atoms with Gasteiger partial charge in [0.15, 0.2) is 0 Å². The van der Waals surface area contributed by atoms with E-state index in [9.17, 15) is 9.59 Å². The van der Waals surface area contributed by atoms with E-state index in [4.69, 9.17) is 27.9 Å². The zero-order valence-corrected chi connectivity index (χ0v) is 20.9. The molecule has 33 heavy (non-hydrogen) atoms. The molecular weight excluding hydrogens is 465 g/mol. The molecule has 3 rings (SSSR count). The molecule has 2 atom stereocenters. The molecule has 178 valence electrons. The predicted octanol–water partition coefficient (Wildman–Crippen LogP) is 5.16. The van der Waals surface area contributed by atoms with Crippen molar-refractivity contribution in [3.05, 3.63) is 46.3 Å². The van der Waals surface area contributed by atoms with Crippen molar-refractivity contribution in [2.45, 2.75) is 51.8 Å². The molecule has 0 bridgehead atoms. The van der Waals surface area contributed by atoms with Crippen molar-refractivity contribution in [1.29, 1.82) is 0 Å². The fourth-order valence-electron chi connectivity index (χ4n) is 3.62. The molecular formula is C23H29Cl2N5O3. The average molecular weight is 494 g/mol. The van der Waals surface area contributed by atoms with Crippen LogP contribution in [-0.4, -0.2) is 63.7 Å². The summed E-state index contributed by atoms with van der Waals surface area (Å²) in [4.78, 5) is 36.8. The van der Waals surface area contributed by atoms with Crippen molar-refractivity contribution in [3.63, 3.8) is 0 Å². The normalized spacial score (nSPS) is 16.9. The number of urea groups is 1. The summed E-state index contributed by atoms with van der Waals surface area (Å²) in [6.45, 7) is 8.29. The Hall–Kier alpha value is -2.58. The van der Waals surface area contributed by atoms with Gasteiger partial charge in [-0.15, -0.1) is 0 Å². The van der Waals surface area contributed by atoms with E-state index in [1.165, 1.54) is 0 Å². The summed E-state index contributed by atoms with van der Waals surface area (Å²) >= 11 is 13.0. The fourth-order valence-corrected chi connectivity index (χ4v) is 4.21. The van der Waals surface area contributed by atoms with Gasteiger partial charge in [-0.25, -0.2) is 9.59 Å². The number of carbonyl (C=O) groups is 2. The van der Waals surface area contributed by atoms with Crippen LogP contribution in [0, 0.1) is 0 Å². The minimum absolute atomic E-state index is 0.109. The van der Waals surface area contributed by atoms with Gasteiger partial charge in [-0.2, -0.15) is 0 Å². The van der Waals surface area contributed by atoms with Gasteiger partial charge in [-0.05, 0) is 39.7 Å². The number of ether oxygens (including phenoxy) is 1. The summed E-state index contributed by atoms with van der Waals surface area (Å²) in [5.74, 6) is 0. The molecule has 1 saturated heterocycles. The summed E-state index contributed by atoms with van der Waals surface area (Å²) in [6, 6.07) is 2.88. The number of rotatable bonds is 4. The molecule has 1 unspecified atom stereocenters. The highest BCUT2D eigenvalue weighted by Crippen LogP contribution is 2.37. The molecule has 0 aliphatic carbocycles. The van der Waals surface area contributed by atoms with E-state index in [1.54, 1.807) is 35.4 Å². The van der Waals surface area contributed by atoms with Gasteiger partial charge >= 0.3 is 12.1 Å². The quantitative estimate of drug-likeness (QED) is 0.634. The third-order valence-corrected chi connectivity index (χ3v) is 6.34. The highest BCUT2D eigenvalue weighted by molar-refractivity contribution is 6.44. The number of aromatic nitrogens is 2. The van der Waals surface area contributed by atoms with E-state index in [0.29, 0.717) is 46.4 Å². The van der Waals surface area contributed by atoms with Gasteiger partial charge in [-0.3, -0.25) is 9.97 Å². The first-order valence-corrected chi connectivity index (χ1v) is 11.5. The van der Waals surface area contributed by atoms with Crippen molar-refractivity contribution >= 4 is 35.3 Å². The molecule has 3 amide bonds. The fraction of sp³-hybridized carbons (Fsp3) is 0.478.